The lowest BCUT2D eigenvalue weighted by Gasteiger charge is -2.03. The zero-order chi connectivity index (χ0) is 10.5. The molecule has 2 N–H and O–H groups in total. The van der Waals surface area contributed by atoms with Crippen LogP contribution >= 0.6 is 0 Å². The summed E-state index contributed by atoms with van der Waals surface area (Å²) in [5.74, 6) is 0.832. The Kier molecular flexibility index (Phi) is 3.05. The number of benzene rings is 1. The van der Waals surface area contributed by atoms with Crippen LogP contribution in [-0.4, -0.2) is 0 Å². The molecule has 2 aromatic rings. The molecule has 3 nitrogen and oxygen atoms in total. The fourth-order valence-corrected chi connectivity index (χ4v) is 1.35. The van der Waals surface area contributed by atoms with Gasteiger partial charge in [-0.05, 0) is 29.8 Å². The van der Waals surface area contributed by atoms with Crippen molar-refractivity contribution in [2.24, 2.45) is 0 Å². The van der Waals surface area contributed by atoms with E-state index in [2.05, 4.69) is 0 Å². The average Bonchev–Trinajstić information content (AvgIpc) is 2.71. The minimum atomic E-state index is 0.488. The molecule has 2 rings (SSSR count). The summed E-state index contributed by atoms with van der Waals surface area (Å²) in [6.45, 7) is 1.04. The summed E-state index contributed by atoms with van der Waals surface area (Å²) in [7, 11) is 0. The Morgan fingerprint density at radius 3 is 2.80 bits per heavy atom. The van der Waals surface area contributed by atoms with E-state index in [4.69, 9.17) is 14.9 Å². The molecule has 0 radical (unpaired) electrons. The first kappa shape index (κ1) is 9.80. The Hall–Kier alpha value is -1.74. The van der Waals surface area contributed by atoms with Gasteiger partial charge < -0.3 is 14.9 Å². The molecule has 0 fully saturated rings. The van der Waals surface area contributed by atoms with Crippen LogP contribution in [0, 0.1) is 0 Å². The molecular formula is C12H13NO2. The Balaban J connectivity index is 1.83. The Labute approximate surface area is 88.5 Å². The molecule has 0 saturated carbocycles. The highest BCUT2D eigenvalue weighted by Crippen LogP contribution is 2.09. The number of ether oxygens (including phenoxy) is 1. The normalized spacial score (nSPS) is 10.4. The van der Waals surface area contributed by atoms with Gasteiger partial charge in [-0.1, -0.05) is 12.1 Å². The fraction of sp³-hybridized carbons (Fsp3) is 0.167. The summed E-state index contributed by atoms with van der Waals surface area (Å²) < 4.78 is 10.6. The van der Waals surface area contributed by atoms with E-state index in [0.717, 1.165) is 17.0 Å². The van der Waals surface area contributed by atoms with Gasteiger partial charge in [-0.25, -0.2) is 0 Å². The molecule has 1 aromatic carbocycles. The van der Waals surface area contributed by atoms with Crippen molar-refractivity contribution in [1.82, 2.24) is 0 Å². The molecule has 0 saturated heterocycles. The zero-order valence-corrected chi connectivity index (χ0v) is 8.35. The molecule has 0 atom stereocenters. The molecule has 15 heavy (non-hydrogen) atoms. The van der Waals surface area contributed by atoms with Gasteiger partial charge in [-0.3, -0.25) is 0 Å². The minimum absolute atomic E-state index is 0.488. The van der Waals surface area contributed by atoms with E-state index in [1.54, 1.807) is 6.26 Å². The predicted octanol–water partition coefficient (Wildman–Crippen LogP) is 2.58. The van der Waals surface area contributed by atoms with Crippen LogP contribution in [0.5, 0.6) is 0 Å². The van der Waals surface area contributed by atoms with E-state index in [1.165, 1.54) is 0 Å². The van der Waals surface area contributed by atoms with Crippen LogP contribution in [0.1, 0.15) is 11.3 Å². The van der Waals surface area contributed by atoms with Gasteiger partial charge in [0.05, 0.1) is 12.9 Å². The first-order valence-corrected chi connectivity index (χ1v) is 4.79. The van der Waals surface area contributed by atoms with Gasteiger partial charge in [0.2, 0.25) is 0 Å². The van der Waals surface area contributed by atoms with Crippen LogP contribution in [0.2, 0.25) is 0 Å². The van der Waals surface area contributed by atoms with E-state index in [9.17, 15) is 0 Å². The lowest BCUT2D eigenvalue weighted by molar-refractivity contribution is 0.0930. The number of nitrogens with two attached hydrogens (primary N) is 1. The smallest absolute Gasteiger partial charge is 0.129 e. The quantitative estimate of drug-likeness (QED) is 0.777. The van der Waals surface area contributed by atoms with E-state index in [0.29, 0.717) is 13.2 Å². The van der Waals surface area contributed by atoms with Crippen LogP contribution < -0.4 is 5.73 Å². The number of hydrogen-bond acceptors (Lipinski definition) is 3. The van der Waals surface area contributed by atoms with Crippen LogP contribution in [0.15, 0.2) is 47.1 Å². The molecule has 0 bridgehead atoms. The monoisotopic (exact) mass is 203 g/mol. The summed E-state index contributed by atoms with van der Waals surface area (Å²) in [4.78, 5) is 0. The third-order valence-electron chi connectivity index (χ3n) is 2.04. The maximum Gasteiger partial charge on any atom is 0.129 e. The third kappa shape index (κ3) is 2.86. The van der Waals surface area contributed by atoms with Crippen LogP contribution in [-0.2, 0) is 18.0 Å². The molecule has 3 heteroatoms. The highest BCUT2D eigenvalue weighted by atomic mass is 16.5. The molecule has 1 aromatic heterocycles. The first-order valence-electron chi connectivity index (χ1n) is 4.79. The van der Waals surface area contributed by atoms with Gasteiger partial charge in [0.25, 0.3) is 0 Å². The van der Waals surface area contributed by atoms with Crippen molar-refractivity contribution in [3.8, 4) is 0 Å². The van der Waals surface area contributed by atoms with Crippen molar-refractivity contribution >= 4 is 5.69 Å². The van der Waals surface area contributed by atoms with Gasteiger partial charge in [0, 0.05) is 5.69 Å². The summed E-state index contributed by atoms with van der Waals surface area (Å²) in [6, 6.07) is 11.4. The second kappa shape index (κ2) is 4.66. The van der Waals surface area contributed by atoms with Gasteiger partial charge >= 0.3 is 0 Å². The van der Waals surface area contributed by atoms with Gasteiger partial charge in [0.1, 0.15) is 12.4 Å². The lowest BCUT2D eigenvalue weighted by Crippen LogP contribution is -1.94. The van der Waals surface area contributed by atoms with Crippen LogP contribution in [0.3, 0.4) is 0 Å². The van der Waals surface area contributed by atoms with Crippen molar-refractivity contribution in [3.05, 3.63) is 54.0 Å². The molecule has 78 valence electrons. The molecule has 0 amide bonds. The summed E-state index contributed by atoms with van der Waals surface area (Å²) in [6.07, 6.45) is 1.64. The maximum absolute atomic E-state index is 5.65. The number of rotatable bonds is 4. The SMILES string of the molecule is Nc1cccc(COCc2ccco2)c1. The average molecular weight is 203 g/mol. The number of nitrogen functional groups attached to an aromatic ring is 1. The second-order valence-corrected chi connectivity index (χ2v) is 3.32. The zero-order valence-electron chi connectivity index (χ0n) is 8.35. The van der Waals surface area contributed by atoms with Crippen molar-refractivity contribution in [3.63, 3.8) is 0 Å². The number of anilines is 1. The van der Waals surface area contributed by atoms with Crippen LogP contribution in [0.25, 0.3) is 0 Å². The summed E-state index contributed by atoms with van der Waals surface area (Å²) >= 11 is 0. The largest absolute Gasteiger partial charge is 0.467 e. The van der Waals surface area contributed by atoms with Crippen molar-refractivity contribution in [1.29, 1.82) is 0 Å². The van der Waals surface area contributed by atoms with E-state index >= 15 is 0 Å². The van der Waals surface area contributed by atoms with Gasteiger partial charge in [0.15, 0.2) is 0 Å². The van der Waals surface area contributed by atoms with Gasteiger partial charge in [-0.15, -0.1) is 0 Å². The number of hydrogen-bond donors (Lipinski definition) is 1. The molecule has 0 unspecified atom stereocenters. The number of furan rings is 1. The fourth-order valence-electron chi connectivity index (χ4n) is 1.35. The Bertz CT molecular complexity index is 409. The Morgan fingerprint density at radius 1 is 1.13 bits per heavy atom. The van der Waals surface area contributed by atoms with E-state index < -0.39 is 0 Å². The van der Waals surface area contributed by atoms with E-state index in [1.807, 2.05) is 36.4 Å². The second-order valence-electron chi connectivity index (χ2n) is 3.32. The molecule has 0 aliphatic carbocycles. The van der Waals surface area contributed by atoms with E-state index in [-0.39, 0.29) is 0 Å². The van der Waals surface area contributed by atoms with Crippen molar-refractivity contribution < 1.29 is 9.15 Å². The topological polar surface area (TPSA) is 48.4 Å². The highest BCUT2D eigenvalue weighted by Gasteiger charge is 1.97. The molecular weight excluding hydrogens is 190 g/mol. The van der Waals surface area contributed by atoms with Crippen molar-refractivity contribution in [2.45, 2.75) is 13.2 Å². The molecule has 0 aliphatic heterocycles. The predicted molar refractivity (Wildman–Crippen MR) is 58.1 cm³/mol. The molecule has 0 spiro atoms. The van der Waals surface area contributed by atoms with Crippen molar-refractivity contribution in [2.75, 3.05) is 5.73 Å². The standard InChI is InChI=1S/C12H13NO2/c13-11-4-1-3-10(7-11)8-14-9-12-5-2-6-15-12/h1-7H,8-9,13H2. The maximum atomic E-state index is 5.65. The summed E-state index contributed by atoms with van der Waals surface area (Å²) in [5.41, 5.74) is 7.48. The third-order valence-corrected chi connectivity index (χ3v) is 2.04. The lowest BCUT2D eigenvalue weighted by atomic mass is 10.2. The Morgan fingerprint density at radius 2 is 2.07 bits per heavy atom. The van der Waals surface area contributed by atoms with Crippen LogP contribution in [0.4, 0.5) is 5.69 Å². The molecule has 1 heterocycles. The highest BCUT2D eigenvalue weighted by molar-refractivity contribution is 5.40. The minimum Gasteiger partial charge on any atom is -0.467 e. The summed E-state index contributed by atoms with van der Waals surface area (Å²) in [5, 5.41) is 0. The van der Waals surface area contributed by atoms with Gasteiger partial charge in [-0.2, -0.15) is 0 Å². The first-order chi connectivity index (χ1) is 7.34. The molecule has 0 aliphatic rings.